The highest BCUT2D eigenvalue weighted by molar-refractivity contribution is 9.10. The summed E-state index contributed by atoms with van der Waals surface area (Å²) in [5.74, 6) is 1.74. The van der Waals surface area contributed by atoms with E-state index in [1.54, 1.807) is 0 Å². The fourth-order valence-corrected chi connectivity index (χ4v) is 3.48. The molecule has 0 bridgehead atoms. The van der Waals surface area contributed by atoms with Crippen LogP contribution in [0.1, 0.15) is 30.9 Å². The van der Waals surface area contributed by atoms with Gasteiger partial charge in [0.25, 0.3) is 0 Å². The lowest BCUT2D eigenvalue weighted by Gasteiger charge is -2.27. The van der Waals surface area contributed by atoms with Crippen LogP contribution in [0.4, 0.5) is 0 Å². The van der Waals surface area contributed by atoms with Gasteiger partial charge < -0.3 is 15.2 Å². The molecule has 1 heterocycles. The fourth-order valence-electron chi connectivity index (χ4n) is 2.80. The molecule has 0 saturated heterocycles. The van der Waals surface area contributed by atoms with Crippen molar-refractivity contribution in [1.29, 1.82) is 0 Å². The van der Waals surface area contributed by atoms with Crippen LogP contribution in [0, 0.1) is 6.92 Å². The largest absolute Gasteiger partial charge is 0.486 e. The second-order valence-electron chi connectivity index (χ2n) is 5.33. The van der Waals surface area contributed by atoms with Gasteiger partial charge in [0.2, 0.25) is 0 Å². The van der Waals surface area contributed by atoms with Gasteiger partial charge in [0.15, 0.2) is 11.5 Å². The molecule has 0 spiro atoms. The third kappa shape index (κ3) is 1.66. The molecule has 4 heteroatoms. The molecule has 1 fully saturated rings. The van der Waals surface area contributed by atoms with Crippen LogP contribution >= 0.6 is 15.9 Å². The van der Waals surface area contributed by atoms with Gasteiger partial charge in [-0.3, -0.25) is 0 Å². The highest BCUT2D eigenvalue weighted by Crippen LogP contribution is 2.55. The summed E-state index contributed by atoms with van der Waals surface area (Å²) < 4.78 is 12.5. The van der Waals surface area contributed by atoms with Gasteiger partial charge in [-0.25, -0.2) is 0 Å². The van der Waals surface area contributed by atoms with Gasteiger partial charge in [-0.15, -0.1) is 0 Å². The van der Waals surface area contributed by atoms with Gasteiger partial charge in [-0.05, 0) is 38.3 Å². The molecule has 98 valence electrons. The van der Waals surface area contributed by atoms with Crippen molar-refractivity contribution in [3.05, 3.63) is 21.7 Å². The topological polar surface area (TPSA) is 44.5 Å². The van der Waals surface area contributed by atoms with E-state index >= 15 is 0 Å². The van der Waals surface area contributed by atoms with Gasteiger partial charge >= 0.3 is 0 Å². The number of rotatable bonds is 2. The van der Waals surface area contributed by atoms with Crippen LogP contribution in [0.25, 0.3) is 0 Å². The van der Waals surface area contributed by atoms with Gasteiger partial charge in [-0.1, -0.05) is 15.9 Å². The SMILES string of the molecule is Cc1c(Br)c(C2(C(C)N)CC2)cc2c1OCCO2. The second-order valence-corrected chi connectivity index (χ2v) is 6.13. The Bertz CT molecular complexity index is 495. The third-order valence-electron chi connectivity index (χ3n) is 4.19. The minimum absolute atomic E-state index is 0.124. The quantitative estimate of drug-likeness (QED) is 0.913. The number of hydrogen-bond donors (Lipinski definition) is 1. The first kappa shape index (κ1) is 12.3. The standard InChI is InChI=1S/C14H18BrNO2/c1-8-12(15)10(14(3-4-14)9(2)16)7-11-13(8)18-6-5-17-11/h7,9H,3-6,16H2,1-2H3. The number of halogens is 1. The van der Waals surface area contributed by atoms with Crippen molar-refractivity contribution in [3.63, 3.8) is 0 Å². The summed E-state index contributed by atoms with van der Waals surface area (Å²) in [5.41, 5.74) is 8.69. The molecule has 1 aliphatic carbocycles. The summed E-state index contributed by atoms with van der Waals surface area (Å²) in [6.45, 7) is 5.40. The molecule has 0 radical (unpaired) electrons. The first-order valence-corrected chi connectivity index (χ1v) is 7.20. The summed E-state index contributed by atoms with van der Waals surface area (Å²) >= 11 is 3.71. The Hall–Kier alpha value is -0.740. The highest BCUT2D eigenvalue weighted by Gasteiger charge is 2.49. The molecule has 0 amide bonds. The van der Waals surface area contributed by atoms with E-state index in [9.17, 15) is 0 Å². The van der Waals surface area contributed by atoms with E-state index in [2.05, 4.69) is 35.8 Å². The Labute approximate surface area is 116 Å². The number of benzene rings is 1. The van der Waals surface area contributed by atoms with Crippen LogP contribution in [0.2, 0.25) is 0 Å². The molecule has 1 aliphatic heterocycles. The maximum absolute atomic E-state index is 6.17. The molecule has 18 heavy (non-hydrogen) atoms. The van der Waals surface area contributed by atoms with E-state index in [-0.39, 0.29) is 11.5 Å². The molecule has 1 aromatic rings. The van der Waals surface area contributed by atoms with Gasteiger partial charge in [0.1, 0.15) is 13.2 Å². The number of fused-ring (bicyclic) bond motifs is 1. The predicted octanol–water partition coefficient (Wildman–Crippen LogP) is 2.91. The molecule has 2 N–H and O–H groups in total. The monoisotopic (exact) mass is 311 g/mol. The maximum atomic E-state index is 6.17. The maximum Gasteiger partial charge on any atom is 0.165 e. The predicted molar refractivity (Wildman–Crippen MR) is 74.4 cm³/mol. The zero-order valence-corrected chi connectivity index (χ0v) is 12.3. The lowest BCUT2D eigenvalue weighted by molar-refractivity contribution is 0.170. The smallest absolute Gasteiger partial charge is 0.165 e. The molecular formula is C14H18BrNO2. The zero-order chi connectivity index (χ0) is 12.9. The van der Waals surface area contributed by atoms with Crippen molar-refractivity contribution >= 4 is 15.9 Å². The Kier molecular flexibility index (Phi) is 2.83. The molecule has 0 aromatic heterocycles. The lowest BCUT2D eigenvalue weighted by atomic mass is 9.88. The van der Waals surface area contributed by atoms with Crippen molar-refractivity contribution in [1.82, 2.24) is 0 Å². The molecule has 2 aliphatic rings. The average molecular weight is 312 g/mol. The summed E-state index contributed by atoms with van der Waals surface area (Å²) in [6, 6.07) is 2.28. The summed E-state index contributed by atoms with van der Waals surface area (Å²) in [7, 11) is 0. The first-order valence-electron chi connectivity index (χ1n) is 6.41. The van der Waals surface area contributed by atoms with Crippen molar-refractivity contribution < 1.29 is 9.47 Å². The van der Waals surface area contributed by atoms with Crippen molar-refractivity contribution in [3.8, 4) is 11.5 Å². The third-order valence-corrected chi connectivity index (χ3v) is 5.21. The number of hydrogen-bond acceptors (Lipinski definition) is 3. The van der Waals surface area contributed by atoms with Crippen LogP contribution in [-0.4, -0.2) is 19.3 Å². The minimum Gasteiger partial charge on any atom is -0.486 e. The molecule has 1 unspecified atom stereocenters. The van der Waals surface area contributed by atoms with E-state index in [4.69, 9.17) is 15.2 Å². The number of ether oxygens (including phenoxy) is 2. The van der Waals surface area contributed by atoms with Gasteiger partial charge in [-0.2, -0.15) is 0 Å². The van der Waals surface area contributed by atoms with Crippen LogP contribution in [0.15, 0.2) is 10.5 Å². The minimum atomic E-state index is 0.124. The van der Waals surface area contributed by atoms with Crippen LogP contribution in [0.3, 0.4) is 0 Å². The molecule has 1 saturated carbocycles. The van der Waals surface area contributed by atoms with Crippen molar-refractivity contribution in [2.24, 2.45) is 5.73 Å². The zero-order valence-electron chi connectivity index (χ0n) is 10.8. The Morgan fingerprint density at radius 3 is 2.61 bits per heavy atom. The highest BCUT2D eigenvalue weighted by atomic mass is 79.9. The van der Waals surface area contributed by atoms with E-state index in [1.165, 1.54) is 5.56 Å². The summed E-state index contributed by atoms with van der Waals surface area (Å²) in [6.07, 6.45) is 2.31. The normalized spacial score (nSPS) is 21.6. The fraction of sp³-hybridized carbons (Fsp3) is 0.571. The average Bonchev–Trinajstić information content (AvgIpc) is 3.15. The van der Waals surface area contributed by atoms with E-state index in [0.717, 1.165) is 34.4 Å². The van der Waals surface area contributed by atoms with E-state index in [0.29, 0.717) is 13.2 Å². The lowest BCUT2D eigenvalue weighted by Crippen LogP contribution is -2.32. The van der Waals surface area contributed by atoms with Crippen LogP contribution < -0.4 is 15.2 Å². The van der Waals surface area contributed by atoms with E-state index in [1.807, 2.05) is 0 Å². The van der Waals surface area contributed by atoms with E-state index < -0.39 is 0 Å². The molecular weight excluding hydrogens is 294 g/mol. The Balaban J connectivity index is 2.14. The van der Waals surface area contributed by atoms with Crippen LogP contribution in [-0.2, 0) is 5.41 Å². The molecule has 3 nitrogen and oxygen atoms in total. The van der Waals surface area contributed by atoms with Crippen LogP contribution in [0.5, 0.6) is 11.5 Å². The number of nitrogens with two attached hydrogens (primary N) is 1. The van der Waals surface area contributed by atoms with Gasteiger partial charge in [0.05, 0.1) is 0 Å². The Morgan fingerprint density at radius 1 is 1.33 bits per heavy atom. The summed E-state index contributed by atoms with van der Waals surface area (Å²) in [5, 5.41) is 0. The van der Waals surface area contributed by atoms with Crippen molar-refractivity contribution in [2.45, 2.75) is 38.1 Å². The Morgan fingerprint density at radius 2 is 2.00 bits per heavy atom. The molecule has 1 atom stereocenters. The van der Waals surface area contributed by atoms with Crippen molar-refractivity contribution in [2.75, 3.05) is 13.2 Å². The second kappa shape index (κ2) is 4.14. The first-order chi connectivity index (χ1) is 8.56. The summed E-state index contributed by atoms with van der Waals surface area (Å²) in [4.78, 5) is 0. The molecule has 1 aromatic carbocycles. The van der Waals surface area contributed by atoms with Gasteiger partial charge in [0, 0.05) is 21.5 Å². The molecule has 3 rings (SSSR count).